The molecule has 1 aliphatic carbocycles. The number of carbonyl (C=O) groups is 2. The van der Waals surface area contributed by atoms with Gasteiger partial charge in [0.05, 0.1) is 5.02 Å². The van der Waals surface area contributed by atoms with E-state index in [1.165, 1.54) is 36.4 Å². The third-order valence-electron chi connectivity index (χ3n) is 4.75. The number of anilines is 2. The van der Waals surface area contributed by atoms with Crippen molar-refractivity contribution in [3.8, 4) is 0 Å². The zero-order chi connectivity index (χ0) is 19.4. The number of carbonyl (C=O) groups excluding carboxylic acids is 2. The quantitative estimate of drug-likeness (QED) is 0.769. The van der Waals surface area contributed by atoms with Crippen LogP contribution in [-0.4, -0.2) is 11.8 Å². The predicted molar refractivity (Wildman–Crippen MR) is 101 cm³/mol. The Labute approximate surface area is 160 Å². The highest BCUT2D eigenvalue weighted by atomic mass is 35.5. The lowest BCUT2D eigenvalue weighted by Gasteiger charge is -2.27. The number of hydrogen-bond donors (Lipinski definition) is 2. The molecule has 0 spiro atoms. The topological polar surface area (TPSA) is 58.2 Å². The first-order valence-electron chi connectivity index (χ1n) is 8.74. The first kappa shape index (κ1) is 19.3. The van der Waals surface area contributed by atoms with E-state index in [2.05, 4.69) is 10.6 Å². The van der Waals surface area contributed by atoms with Crippen LogP contribution in [0.1, 0.15) is 25.7 Å². The minimum atomic E-state index is -0.542. The summed E-state index contributed by atoms with van der Waals surface area (Å²) in [6.07, 6.45) is 2.29. The third-order valence-corrected chi connectivity index (χ3v) is 5.04. The Morgan fingerprint density at radius 3 is 1.93 bits per heavy atom. The normalized spacial score (nSPS) is 19.4. The number of halogens is 3. The summed E-state index contributed by atoms with van der Waals surface area (Å²) < 4.78 is 26.4. The van der Waals surface area contributed by atoms with Gasteiger partial charge in [0, 0.05) is 23.2 Å². The molecule has 0 unspecified atom stereocenters. The van der Waals surface area contributed by atoms with Crippen molar-refractivity contribution in [2.24, 2.45) is 11.8 Å². The van der Waals surface area contributed by atoms with E-state index in [0.717, 1.165) is 0 Å². The van der Waals surface area contributed by atoms with Crippen molar-refractivity contribution in [2.45, 2.75) is 25.7 Å². The molecule has 2 amide bonds. The molecule has 2 aromatic rings. The van der Waals surface area contributed by atoms with Gasteiger partial charge >= 0.3 is 0 Å². The molecular formula is C20H19ClF2N2O2. The molecule has 0 radical (unpaired) electrons. The Morgan fingerprint density at radius 2 is 1.41 bits per heavy atom. The molecule has 2 N–H and O–H groups in total. The molecule has 27 heavy (non-hydrogen) atoms. The molecule has 0 saturated heterocycles. The minimum absolute atomic E-state index is 0.0504. The second kappa shape index (κ2) is 8.48. The highest BCUT2D eigenvalue weighted by molar-refractivity contribution is 6.31. The molecule has 0 aromatic heterocycles. The van der Waals surface area contributed by atoms with Crippen LogP contribution in [0.15, 0.2) is 42.5 Å². The molecule has 2 aromatic carbocycles. The SMILES string of the molecule is O=C(Nc1cccc(F)c1)C1CCC(C(=O)Nc2ccc(F)c(Cl)c2)CC1. The van der Waals surface area contributed by atoms with Gasteiger partial charge in [-0.05, 0) is 62.1 Å². The molecule has 0 aliphatic heterocycles. The second-order valence-electron chi connectivity index (χ2n) is 6.67. The number of amides is 2. The second-order valence-corrected chi connectivity index (χ2v) is 7.07. The number of hydrogen-bond acceptors (Lipinski definition) is 2. The summed E-state index contributed by atoms with van der Waals surface area (Å²) in [5.74, 6) is -1.70. The molecule has 142 valence electrons. The molecule has 0 bridgehead atoms. The zero-order valence-corrected chi connectivity index (χ0v) is 15.2. The van der Waals surface area contributed by atoms with E-state index in [-0.39, 0.29) is 28.7 Å². The van der Waals surface area contributed by atoms with Crippen molar-refractivity contribution in [2.75, 3.05) is 10.6 Å². The van der Waals surface area contributed by atoms with Crippen LogP contribution in [0, 0.1) is 23.5 Å². The summed E-state index contributed by atoms with van der Waals surface area (Å²) in [6.45, 7) is 0. The van der Waals surface area contributed by atoms with E-state index in [1.54, 1.807) is 6.07 Å². The van der Waals surface area contributed by atoms with E-state index >= 15 is 0 Å². The molecule has 1 aliphatic rings. The van der Waals surface area contributed by atoms with E-state index in [0.29, 0.717) is 37.1 Å². The van der Waals surface area contributed by atoms with Gasteiger partial charge in [-0.25, -0.2) is 8.78 Å². The number of rotatable bonds is 4. The Morgan fingerprint density at radius 1 is 0.852 bits per heavy atom. The third kappa shape index (κ3) is 5.04. The fourth-order valence-electron chi connectivity index (χ4n) is 3.25. The summed E-state index contributed by atoms with van der Waals surface area (Å²) in [5.41, 5.74) is 0.866. The van der Waals surface area contributed by atoms with Crippen LogP contribution in [0.4, 0.5) is 20.2 Å². The fourth-order valence-corrected chi connectivity index (χ4v) is 3.43. The maximum atomic E-state index is 13.2. The zero-order valence-electron chi connectivity index (χ0n) is 14.5. The Hall–Kier alpha value is -2.47. The number of benzene rings is 2. The van der Waals surface area contributed by atoms with Crippen molar-refractivity contribution in [1.29, 1.82) is 0 Å². The predicted octanol–water partition coefficient (Wildman–Crippen LogP) is 5.00. The monoisotopic (exact) mass is 392 g/mol. The fraction of sp³-hybridized carbons (Fsp3) is 0.300. The van der Waals surface area contributed by atoms with Crippen LogP contribution in [-0.2, 0) is 9.59 Å². The van der Waals surface area contributed by atoms with Gasteiger partial charge in [0.25, 0.3) is 0 Å². The highest BCUT2D eigenvalue weighted by Crippen LogP contribution is 2.31. The van der Waals surface area contributed by atoms with Gasteiger partial charge in [-0.3, -0.25) is 9.59 Å². The highest BCUT2D eigenvalue weighted by Gasteiger charge is 2.30. The van der Waals surface area contributed by atoms with Crippen LogP contribution in [0.2, 0.25) is 5.02 Å². The Bertz CT molecular complexity index is 852. The molecule has 3 rings (SSSR count). The average Bonchev–Trinajstić information content (AvgIpc) is 2.65. The minimum Gasteiger partial charge on any atom is -0.326 e. The Balaban J connectivity index is 1.51. The molecule has 0 atom stereocenters. The van der Waals surface area contributed by atoms with Gasteiger partial charge in [-0.15, -0.1) is 0 Å². The van der Waals surface area contributed by atoms with Crippen molar-refractivity contribution in [3.63, 3.8) is 0 Å². The van der Waals surface area contributed by atoms with Crippen LogP contribution in [0.25, 0.3) is 0 Å². The van der Waals surface area contributed by atoms with Crippen LogP contribution in [0.5, 0.6) is 0 Å². The van der Waals surface area contributed by atoms with Gasteiger partial charge < -0.3 is 10.6 Å². The van der Waals surface area contributed by atoms with Crippen molar-refractivity contribution >= 4 is 34.8 Å². The van der Waals surface area contributed by atoms with E-state index in [4.69, 9.17) is 11.6 Å². The van der Waals surface area contributed by atoms with Crippen molar-refractivity contribution in [1.82, 2.24) is 0 Å². The average molecular weight is 393 g/mol. The summed E-state index contributed by atoms with van der Waals surface area (Å²) in [5, 5.41) is 5.41. The summed E-state index contributed by atoms with van der Waals surface area (Å²) in [6, 6.07) is 9.77. The molecule has 0 heterocycles. The van der Waals surface area contributed by atoms with Gasteiger partial charge in [0.2, 0.25) is 11.8 Å². The van der Waals surface area contributed by atoms with E-state index in [9.17, 15) is 18.4 Å². The van der Waals surface area contributed by atoms with Crippen molar-refractivity contribution in [3.05, 3.63) is 59.1 Å². The first-order valence-corrected chi connectivity index (χ1v) is 9.12. The maximum absolute atomic E-state index is 13.2. The van der Waals surface area contributed by atoms with Crippen LogP contribution >= 0.6 is 11.6 Å². The lowest BCUT2D eigenvalue weighted by atomic mass is 9.81. The van der Waals surface area contributed by atoms with Crippen molar-refractivity contribution < 1.29 is 18.4 Å². The summed E-state index contributed by atoms with van der Waals surface area (Å²) in [4.78, 5) is 24.7. The molecular weight excluding hydrogens is 374 g/mol. The largest absolute Gasteiger partial charge is 0.326 e. The maximum Gasteiger partial charge on any atom is 0.227 e. The summed E-state index contributed by atoms with van der Waals surface area (Å²) >= 11 is 5.72. The van der Waals surface area contributed by atoms with E-state index < -0.39 is 11.6 Å². The Kier molecular flexibility index (Phi) is 6.06. The van der Waals surface area contributed by atoms with Gasteiger partial charge in [-0.2, -0.15) is 0 Å². The standard InChI is InChI=1S/C20H19ClF2N2O2/c21-17-11-16(8-9-18(17)23)25-20(27)13-6-4-12(5-7-13)19(26)24-15-3-1-2-14(22)10-15/h1-3,8-13H,4-7H2,(H,24,26)(H,25,27). The summed E-state index contributed by atoms with van der Waals surface area (Å²) in [7, 11) is 0. The van der Waals surface area contributed by atoms with Gasteiger partial charge in [-0.1, -0.05) is 17.7 Å². The molecule has 7 heteroatoms. The molecule has 1 fully saturated rings. The van der Waals surface area contributed by atoms with Gasteiger partial charge in [0.1, 0.15) is 11.6 Å². The lowest BCUT2D eigenvalue weighted by molar-refractivity contribution is -0.125. The number of nitrogens with one attached hydrogen (secondary N) is 2. The molecule has 4 nitrogen and oxygen atoms in total. The van der Waals surface area contributed by atoms with Crippen LogP contribution in [0.3, 0.4) is 0 Å². The van der Waals surface area contributed by atoms with E-state index in [1.807, 2.05) is 0 Å². The van der Waals surface area contributed by atoms with Crippen LogP contribution < -0.4 is 10.6 Å². The molecule has 1 saturated carbocycles. The lowest BCUT2D eigenvalue weighted by Crippen LogP contribution is -2.32. The van der Waals surface area contributed by atoms with Gasteiger partial charge in [0.15, 0.2) is 0 Å². The smallest absolute Gasteiger partial charge is 0.227 e. The first-order chi connectivity index (χ1) is 12.9.